The molecule has 0 saturated carbocycles. The number of carbonyl (C=O) groups excluding carboxylic acids is 1. The zero-order valence-corrected chi connectivity index (χ0v) is 15.2. The minimum Gasteiger partial charge on any atom is -0.294 e. The van der Waals surface area contributed by atoms with Crippen molar-refractivity contribution >= 4 is 38.7 Å². The summed E-state index contributed by atoms with van der Waals surface area (Å²) in [5.74, 6) is 0.439. The van der Waals surface area contributed by atoms with Gasteiger partial charge in [0.15, 0.2) is 5.78 Å². The maximum Gasteiger partial charge on any atom is 0.211 e. The highest BCUT2D eigenvalue weighted by molar-refractivity contribution is 7.20. The Morgan fingerprint density at radius 2 is 2.04 bits per heavy atom. The number of hydrogen-bond acceptors (Lipinski definition) is 5. The van der Waals surface area contributed by atoms with Crippen LogP contribution in [-0.4, -0.2) is 20.5 Å². The summed E-state index contributed by atoms with van der Waals surface area (Å²) in [4.78, 5) is 18.8. The first kappa shape index (κ1) is 15.0. The molecule has 3 heterocycles. The van der Waals surface area contributed by atoms with Crippen LogP contribution in [0, 0.1) is 6.92 Å². The molecule has 0 radical (unpaired) electrons. The van der Waals surface area contributed by atoms with Crippen LogP contribution in [0.15, 0.2) is 41.8 Å². The van der Waals surface area contributed by atoms with Gasteiger partial charge in [-0.25, -0.2) is 9.67 Å². The normalized spacial score (nSPS) is 17.2. The SMILES string of the molecule is Cc1nn(-c2nc3ccccc3s2)c2c1C(=O)C[C@H](c1cccs1)C2. The minimum atomic E-state index is 0.199. The molecule has 0 aliphatic heterocycles. The monoisotopic (exact) mass is 365 g/mol. The molecular formula is C19H15N3OS2. The fourth-order valence-electron chi connectivity index (χ4n) is 3.59. The van der Waals surface area contributed by atoms with E-state index in [2.05, 4.69) is 28.7 Å². The van der Waals surface area contributed by atoms with Crippen molar-refractivity contribution in [3.63, 3.8) is 0 Å². The summed E-state index contributed by atoms with van der Waals surface area (Å²) >= 11 is 3.34. The van der Waals surface area contributed by atoms with E-state index >= 15 is 0 Å². The first-order valence-electron chi connectivity index (χ1n) is 8.22. The van der Waals surface area contributed by atoms with Gasteiger partial charge in [-0.1, -0.05) is 29.5 Å². The Balaban J connectivity index is 1.65. The number of ketones is 1. The van der Waals surface area contributed by atoms with Gasteiger partial charge in [-0.2, -0.15) is 5.10 Å². The van der Waals surface area contributed by atoms with Crippen molar-refractivity contribution in [3.05, 3.63) is 63.6 Å². The van der Waals surface area contributed by atoms with Crippen molar-refractivity contribution in [3.8, 4) is 5.13 Å². The highest BCUT2D eigenvalue weighted by atomic mass is 32.1. The second-order valence-electron chi connectivity index (χ2n) is 6.33. The number of aromatic nitrogens is 3. The molecule has 1 aliphatic rings. The molecule has 4 nitrogen and oxygen atoms in total. The lowest BCUT2D eigenvalue weighted by Gasteiger charge is -2.21. The van der Waals surface area contributed by atoms with Gasteiger partial charge in [-0.3, -0.25) is 4.79 Å². The molecule has 0 spiro atoms. The van der Waals surface area contributed by atoms with Crippen LogP contribution in [0.2, 0.25) is 0 Å². The third-order valence-corrected chi connectivity index (χ3v) is 6.76. The van der Waals surface area contributed by atoms with E-state index in [1.165, 1.54) is 4.88 Å². The standard InChI is InChI=1S/C19H15N3OS2/c1-11-18-14(9-12(10-15(18)23)16-7-4-8-24-16)22(21-11)19-20-13-5-2-3-6-17(13)25-19/h2-8,12H,9-10H2,1H3/t12-/m1/s1. The molecule has 1 aromatic carbocycles. The third-order valence-electron chi connectivity index (χ3n) is 4.72. The molecule has 0 amide bonds. The average Bonchev–Trinajstić information content (AvgIpc) is 3.32. The molecule has 0 bridgehead atoms. The lowest BCUT2D eigenvalue weighted by molar-refractivity contribution is 0.0963. The fourth-order valence-corrected chi connectivity index (χ4v) is 5.36. The van der Waals surface area contributed by atoms with Crippen LogP contribution in [0.25, 0.3) is 15.3 Å². The van der Waals surface area contributed by atoms with Crippen LogP contribution in [0.1, 0.15) is 39.0 Å². The Morgan fingerprint density at radius 1 is 1.16 bits per heavy atom. The molecule has 6 heteroatoms. The van der Waals surface area contributed by atoms with Gasteiger partial charge in [0.05, 0.1) is 27.2 Å². The van der Waals surface area contributed by atoms with Crippen molar-refractivity contribution < 1.29 is 4.79 Å². The Hall–Kier alpha value is -2.31. The van der Waals surface area contributed by atoms with E-state index in [1.54, 1.807) is 22.7 Å². The number of benzene rings is 1. The van der Waals surface area contributed by atoms with Gasteiger partial charge >= 0.3 is 0 Å². The van der Waals surface area contributed by atoms with E-state index in [4.69, 9.17) is 4.98 Å². The van der Waals surface area contributed by atoms with Gasteiger partial charge in [0.1, 0.15) is 0 Å². The van der Waals surface area contributed by atoms with E-state index in [0.29, 0.717) is 6.42 Å². The number of nitrogens with zero attached hydrogens (tertiary/aromatic N) is 3. The molecule has 1 aliphatic carbocycles. The summed E-state index contributed by atoms with van der Waals surface area (Å²) in [6.45, 7) is 1.92. The van der Waals surface area contributed by atoms with Crippen LogP contribution in [0.3, 0.4) is 0 Å². The summed E-state index contributed by atoms with van der Waals surface area (Å²) in [6.07, 6.45) is 1.40. The maximum absolute atomic E-state index is 12.8. The summed E-state index contributed by atoms with van der Waals surface area (Å²) in [6, 6.07) is 12.3. The summed E-state index contributed by atoms with van der Waals surface area (Å²) < 4.78 is 3.03. The lowest BCUT2D eigenvalue weighted by Crippen LogP contribution is -2.20. The van der Waals surface area contributed by atoms with Gasteiger partial charge in [0.2, 0.25) is 5.13 Å². The minimum absolute atomic E-state index is 0.199. The molecule has 124 valence electrons. The zero-order chi connectivity index (χ0) is 17.0. The lowest BCUT2D eigenvalue weighted by atomic mass is 9.85. The summed E-state index contributed by atoms with van der Waals surface area (Å²) in [7, 11) is 0. The summed E-state index contributed by atoms with van der Waals surface area (Å²) in [5, 5.41) is 7.58. The average molecular weight is 365 g/mol. The molecular weight excluding hydrogens is 350 g/mol. The van der Waals surface area contributed by atoms with Crippen molar-refractivity contribution in [2.24, 2.45) is 0 Å². The molecule has 0 fully saturated rings. The molecule has 3 aromatic heterocycles. The van der Waals surface area contributed by atoms with Gasteiger partial charge in [-0.15, -0.1) is 11.3 Å². The van der Waals surface area contributed by atoms with Crippen LogP contribution >= 0.6 is 22.7 Å². The largest absolute Gasteiger partial charge is 0.294 e. The fraction of sp³-hybridized carbons (Fsp3) is 0.211. The van der Waals surface area contributed by atoms with E-state index in [-0.39, 0.29) is 11.7 Å². The molecule has 4 aromatic rings. The van der Waals surface area contributed by atoms with Crippen LogP contribution in [-0.2, 0) is 6.42 Å². The third kappa shape index (κ3) is 2.36. The predicted octanol–water partition coefficient (Wildman–Crippen LogP) is 4.76. The van der Waals surface area contributed by atoms with Crippen molar-refractivity contribution in [1.82, 2.24) is 14.8 Å². The number of rotatable bonds is 2. The number of thiophene rings is 1. The molecule has 0 unspecified atom stereocenters. The van der Waals surface area contributed by atoms with Crippen molar-refractivity contribution in [2.45, 2.75) is 25.7 Å². The Bertz CT molecular complexity index is 1060. The number of aryl methyl sites for hydroxylation is 1. The highest BCUT2D eigenvalue weighted by Gasteiger charge is 2.33. The second kappa shape index (κ2) is 5.61. The topological polar surface area (TPSA) is 47.8 Å². The van der Waals surface area contributed by atoms with E-state index in [9.17, 15) is 4.79 Å². The molecule has 0 saturated heterocycles. The zero-order valence-electron chi connectivity index (χ0n) is 13.6. The number of fused-ring (bicyclic) bond motifs is 2. The molecule has 0 N–H and O–H groups in total. The first-order chi connectivity index (χ1) is 12.2. The number of thiazole rings is 1. The van der Waals surface area contributed by atoms with Gasteiger partial charge in [0, 0.05) is 17.2 Å². The van der Waals surface area contributed by atoms with Crippen LogP contribution in [0.5, 0.6) is 0 Å². The second-order valence-corrected chi connectivity index (χ2v) is 8.32. The van der Waals surface area contributed by atoms with Crippen molar-refractivity contribution in [2.75, 3.05) is 0 Å². The van der Waals surface area contributed by atoms with E-state index in [1.807, 2.05) is 29.8 Å². The van der Waals surface area contributed by atoms with Crippen LogP contribution in [0.4, 0.5) is 0 Å². The smallest absolute Gasteiger partial charge is 0.211 e. The van der Waals surface area contributed by atoms with Gasteiger partial charge in [0.25, 0.3) is 0 Å². The quantitative estimate of drug-likeness (QED) is 0.514. The van der Waals surface area contributed by atoms with Crippen LogP contribution < -0.4 is 0 Å². The Morgan fingerprint density at radius 3 is 2.84 bits per heavy atom. The van der Waals surface area contributed by atoms with Crippen molar-refractivity contribution in [1.29, 1.82) is 0 Å². The number of Topliss-reactive ketones (excluding diaryl/α,β-unsaturated/α-hetero) is 1. The Labute approximate surface area is 152 Å². The number of para-hydroxylation sites is 1. The molecule has 5 rings (SSSR count). The molecule has 1 atom stereocenters. The van der Waals surface area contributed by atoms with E-state index < -0.39 is 0 Å². The number of hydrogen-bond donors (Lipinski definition) is 0. The first-order valence-corrected chi connectivity index (χ1v) is 9.91. The summed E-state index contributed by atoms with van der Waals surface area (Å²) in [5.41, 5.74) is 3.59. The molecule has 25 heavy (non-hydrogen) atoms. The predicted molar refractivity (Wildman–Crippen MR) is 101 cm³/mol. The highest BCUT2D eigenvalue weighted by Crippen LogP contribution is 2.37. The van der Waals surface area contributed by atoms with Gasteiger partial charge < -0.3 is 0 Å². The Kier molecular flexibility index (Phi) is 3.36. The number of carbonyl (C=O) groups is 1. The maximum atomic E-state index is 12.8. The van der Waals surface area contributed by atoms with E-state index in [0.717, 1.165) is 38.7 Å². The van der Waals surface area contributed by atoms with Gasteiger partial charge in [-0.05, 0) is 36.9 Å².